The van der Waals surface area contributed by atoms with E-state index in [4.69, 9.17) is 0 Å². The van der Waals surface area contributed by atoms with E-state index in [1.165, 1.54) is 22.3 Å². The summed E-state index contributed by atoms with van der Waals surface area (Å²) in [5, 5.41) is 6.48. The number of rotatable bonds is 5. The number of aryl methyl sites for hydroxylation is 3. The highest BCUT2D eigenvalue weighted by atomic mass is 15.2. The lowest BCUT2D eigenvalue weighted by atomic mass is 9.97. The number of nitrogens with zero attached hydrogens (tertiary/aromatic N) is 1. The predicted molar refractivity (Wildman–Crippen MR) is 83.9 cm³/mol. The van der Waals surface area contributed by atoms with Crippen molar-refractivity contribution in [3.05, 3.63) is 47.0 Å². The van der Waals surface area contributed by atoms with E-state index in [2.05, 4.69) is 55.1 Å². The average Bonchev–Trinajstić information content (AvgIpc) is 2.36. The molecule has 0 aliphatic carbocycles. The van der Waals surface area contributed by atoms with Crippen molar-refractivity contribution in [3.8, 4) is 0 Å². The first kappa shape index (κ1) is 15.3. The third-order valence-corrected chi connectivity index (χ3v) is 3.15. The van der Waals surface area contributed by atoms with Gasteiger partial charge in [-0.1, -0.05) is 23.8 Å². The zero-order valence-corrected chi connectivity index (χ0v) is 12.5. The number of aliphatic imine (C=N–C) groups is 1. The van der Waals surface area contributed by atoms with Gasteiger partial charge >= 0.3 is 0 Å². The third-order valence-electron chi connectivity index (χ3n) is 3.15. The standard InChI is InChI=1S/C16H25N3/c1-6-8-18-16(17-5)19-9-7-15-13(3)10-12(2)11-14(15)4/h6,10-11H,1,7-9H2,2-5H3,(H2,17,18,19). The molecule has 0 radical (unpaired) electrons. The SMILES string of the molecule is C=CCNC(=NC)NCCc1c(C)cc(C)cc1C. The molecule has 0 amide bonds. The van der Waals surface area contributed by atoms with E-state index in [1.807, 2.05) is 6.08 Å². The fourth-order valence-electron chi connectivity index (χ4n) is 2.30. The first-order chi connectivity index (χ1) is 9.08. The number of hydrogen-bond donors (Lipinski definition) is 2. The maximum atomic E-state index is 4.16. The van der Waals surface area contributed by atoms with Gasteiger partial charge in [0.1, 0.15) is 0 Å². The van der Waals surface area contributed by atoms with Crippen LogP contribution >= 0.6 is 0 Å². The van der Waals surface area contributed by atoms with Crippen molar-refractivity contribution in [2.24, 2.45) is 4.99 Å². The maximum absolute atomic E-state index is 4.16. The normalized spacial score (nSPS) is 11.3. The van der Waals surface area contributed by atoms with Gasteiger partial charge in [0.15, 0.2) is 5.96 Å². The van der Waals surface area contributed by atoms with Crippen LogP contribution in [0.1, 0.15) is 22.3 Å². The smallest absolute Gasteiger partial charge is 0.191 e. The summed E-state index contributed by atoms with van der Waals surface area (Å²) < 4.78 is 0. The quantitative estimate of drug-likeness (QED) is 0.484. The van der Waals surface area contributed by atoms with Crippen LogP contribution in [0.3, 0.4) is 0 Å². The highest BCUT2D eigenvalue weighted by molar-refractivity contribution is 5.79. The Morgan fingerprint density at radius 2 is 1.84 bits per heavy atom. The van der Waals surface area contributed by atoms with Crippen molar-refractivity contribution < 1.29 is 0 Å². The molecule has 0 aliphatic rings. The average molecular weight is 259 g/mol. The minimum atomic E-state index is 0.724. The van der Waals surface area contributed by atoms with Gasteiger partial charge in [-0.3, -0.25) is 4.99 Å². The number of nitrogens with one attached hydrogen (secondary N) is 2. The van der Waals surface area contributed by atoms with Gasteiger partial charge in [0.2, 0.25) is 0 Å². The van der Waals surface area contributed by atoms with Crippen LogP contribution in [0.25, 0.3) is 0 Å². The summed E-state index contributed by atoms with van der Waals surface area (Å²) in [4.78, 5) is 4.16. The van der Waals surface area contributed by atoms with Crippen LogP contribution in [0.4, 0.5) is 0 Å². The number of benzene rings is 1. The molecule has 0 saturated carbocycles. The van der Waals surface area contributed by atoms with E-state index in [9.17, 15) is 0 Å². The molecule has 0 aliphatic heterocycles. The largest absolute Gasteiger partial charge is 0.356 e. The molecule has 3 nitrogen and oxygen atoms in total. The summed E-state index contributed by atoms with van der Waals surface area (Å²) in [5.74, 6) is 0.822. The summed E-state index contributed by atoms with van der Waals surface area (Å²) >= 11 is 0. The minimum absolute atomic E-state index is 0.724. The van der Waals surface area contributed by atoms with Crippen LogP contribution in [0.5, 0.6) is 0 Å². The van der Waals surface area contributed by atoms with E-state index < -0.39 is 0 Å². The third kappa shape index (κ3) is 4.78. The lowest BCUT2D eigenvalue weighted by Crippen LogP contribution is -2.38. The second kappa shape index (κ2) is 7.62. The summed E-state index contributed by atoms with van der Waals surface area (Å²) in [5.41, 5.74) is 5.49. The van der Waals surface area contributed by atoms with Crippen LogP contribution in [-0.2, 0) is 6.42 Å². The van der Waals surface area contributed by atoms with E-state index in [0.717, 1.165) is 25.5 Å². The first-order valence-electron chi connectivity index (χ1n) is 6.70. The Balaban J connectivity index is 2.56. The molecule has 1 aromatic carbocycles. The molecule has 1 rings (SSSR count). The molecule has 104 valence electrons. The van der Waals surface area contributed by atoms with Crippen molar-refractivity contribution in [2.45, 2.75) is 27.2 Å². The van der Waals surface area contributed by atoms with Crippen molar-refractivity contribution in [1.82, 2.24) is 10.6 Å². The summed E-state index contributed by atoms with van der Waals surface area (Å²) in [6, 6.07) is 4.49. The molecule has 19 heavy (non-hydrogen) atoms. The maximum Gasteiger partial charge on any atom is 0.191 e. The molecule has 0 saturated heterocycles. The Morgan fingerprint density at radius 1 is 1.21 bits per heavy atom. The molecule has 0 heterocycles. The van der Waals surface area contributed by atoms with Crippen LogP contribution in [0, 0.1) is 20.8 Å². The Kier molecular flexibility index (Phi) is 6.13. The Labute approximate surface area is 116 Å². The van der Waals surface area contributed by atoms with E-state index in [0.29, 0.717) is 0 Å². The molecule has 0 spiro atoms. The van der Waals surface area contributed by atoms with Gasteiger partial charge in [-0.25, -0.2) is 0 Å². The summed E-state index contributed by atoms with van der Waals surface area (Å²) in [6.07, 6.45) is 2.83. The minimum Gasteiger partial charge on any atom is -0.356 e. The van der Waals surface area contributed by atoms with Gasteiger partial charge < -0.3 is 10.6 Å². The highest BCUT2D eigenvalue weighted by Gasteiger charge is 2.04. The van der Waals surface area contributed by atoms with Crippen LogP contribution in [-0.4, -0.2) is 26.1 Å². The second-order valence-corrected chi connectivity index (χ2v) is 4.80. The monoisotopic (exact) mass is 259 g/mol. The molecule has 0 aromatic heterocycles. The molecule has 2 N–H and O–H groups in total. The molecule has 0 unspecified atom stereocenters. The van der Waals surface area contributed by atoms with Gasteiger partial charge in [0.05, 0.1) is 0 Å². The molecular weight excluding hydrogens is 234 g/mol. The zero-order chi connectivity index (χ0) is 14.3. The zero-order valence-electron chi connectivity index (χ0n) is 12.5. The molecule has 3 heteroatoms. The van der Waals surface area contributed by atoms with Crippen molar-refractivity contribution in [2.75, 3.05) is 20.1 Å². The predicted octanol–water partition coefficient (Wildman–Crippen LogP) is 2.51. The van der Waals surface area contributed by atoms with Crippen molar-refractivity contribution in [1.29, 1.82) is 0 Å². The van der Waals surface area contributed by atoms with Crippen LogP contribution in [0.15, 0.2) is 29.8 Å². The number of guanidine groups is 1. The van der Waals surface area contributed by atoms with Gasteiger partial charge in [-0.15, -0.1) is 6.58 Å². The van der Waals surface area contributed by atoms with Gasteiger partial charge in [0, 0.05) is 20.1 Å². The number of hydrogen-bond acceptors (Lipinski definition) is 1. The topological polar surface area (TPSA) is 36.4 Å². The first-order valence-corrected chi connectivity index (χ1v) is 6.70. The molecular formula is C16H25N3. The molecule has 0 bridgehead atoms. The molecule has 1 aromatic rings. The fraction of sp³-hybridized carbons (Fsp3) is 0.438. The molecule has 0 atom stereocenters. The van der Waals surface area contributed by atoms with Gasteiger partial charge in [-0.05, 0) is 43.9 Å². The fourth-order valence-corrected chi connectivity index (χ4v) is 2.30. The lowest BCUT2D eigenvalue weighted by molar-refractivity contribution is 0.814. The Hall–Kier alpha value is -1.77. The highest BCUT2D eigenvalue weighted by Crippen LogP contribution is 2.16. The van der Waals surface area contributed by atoms with Crippen molar-refractivity contribution >= 4 is 5.96 Å². The molecule has 0 fully saturated rings. The van der Waals surface area contributed by atoms with Crippen LogP contribution < -0.4 is 10.6 Å². The summed E-state index contributed by atoms with van der Waals surface area (Å²) in [7, 11) is 1.78. The van der Waals surface area contributed by atoms with Gasteiger partial charge in [0.25, 0.3) is 0 Å². The van der Waals surface area contributed by atoms with E-state index >= 15 is 0 Å². The Morgan fingerprint density at radius 3 is 2.37 bits per heavy atom. The van der Waals surface area contributed by atoms with Gasteiger partial charge in [-0.2, -0.15) is 0 Å². The van der Waals surface area contributed by atoms with E-state index in [1.54, 1.807) is 7.05 Å². The second-order valence-electron chi connectivity index (χ2n) is 4.80. The summed E-state index contributed by atoms with van der Waals surface area (Å²) in [6.45, 7) is 11.8. The van der Waals surface area contributed by atoms with Crippen LogP contribution in [0.2, 0.25) is 0 Å². The Bertz CT molecular complexity index is 438. The van der Waals surface area contributed by atoms with Crippen molar-refractivity contribution in [3.63, 3.8) is 0 Å². The lowest BCUT2D eigenvalue weighted by Gasteiger charge is -2.14. The van der Waals surface area contributed by atoms with E-state index in [-0.39, 0.29) is 0 Å².